The number of benzene rings is 1. The van der Waals surface area contributed by atoms with Gasteiger partial charge in [0.15, 0.2) is 0 Å². The van der Waals surface area contributed by atoms with E-state index in [0.29, 0.717) is 5.41 Å². The Morgan fingerprint density at radius 3 is 2.38 bits per heavy atom. The van der Waals surface area contributed by atoms with E-state index in [9.17, 15) is 0 Å². The fraction of sp³-hybridized carbons (Fsp3) is 0.571. The molecule has 86 valence electrons. The summed E-state index contributed by atoms with van der Waals surface area (Å²) in [7, 11) is 0. The van der Waals surface area contributed by atoms with Crippen molar-refractivity contribution in [1.29, 1.82) is 0 Å². The van der Waals surface area contributed by atoms with Crippen LogP contribution < -0.4 is 10.2 Å². The molecule has 2 nitrogen and oxygen atoms in total. The molecule has 2 heterocycles. The van der Waals surface area contributed by atoms with Crippen LogP contribution in [0, 0.1) is 19.3 Å². The van der Waals surface area contributed by atoms with Gasteiger partial charge < -0.3 is 10.2 Å². The topological polar surface area (TPSA) is 15.3 Å². The first-order chi connectivity index (χ1) is 7.70. The van der Waals surface area contributed by atoms with Crippen LogP contribution in [-0.4, -0.2) is 26.2 Å². The summed E-state index contributed by atoms with van der Waals surface area (Å²) in [5.74, 6) is 0. The molecule has 2 fully saturated rings. The van der Waals surface area contributed by atoms with E-state index in [4.69, 9.17) is 0 Å². The third-order valence-corrected chi connectivity index (χ3v) is 4.19. The molecule has 0 amide bonds. The number of hydrogen-bond donors (Lipinski definition) is 1. The molecule has 2 aliphatic rings. The summed E-state index contributed by atoms with van der Waals surface area (Å²) in [4.78, 5) is 2.59. The van der Waals surface area contributed by atoms with E-state index in [-0.39, 0.29) is 0 Å². The van der Waals surface area contributed by atoms with Gasteiger partial charge in [-0.15, -0.1) is 0 Å². The molecule has 0 aromatic heterocycles. The molecule has 0 bridgehead atoms. The molecule has 1 aromatic rings. The predicted molar refractivity (Wildman–Crippen MR) is 68.0 cm³/mol. The first kappa shape index (κ1) is 10.2. The van der Waals surface area contributed by atoms with Gasteiger partial charge in [-0.1, -0.05) is 18.2 Å². The first-order valence-electron chi connectivity index (χ1n) is 6.22. The fourth-order valence-corrected chi connectivity index (χ4v) is 3.20. The zero-order chi connectivity index (χ0) is 11.2. The van der Waals surface area contributed by atoms with E-state index in [1.807, 2.05) is 0 Å². The van der Waals surface area contributed by atoms with E-state index < -0.39 is 0 Å². The summed E-state index contributed by atoms with van der Waals surface area (Å²) in [5.41, 5.74) is 4.91. The van der Waals surface area contributed by atoms with Gasteiger partial charge in [-0.2, -0.15) is 0 Å². The summed E-state index contributed by atoms with van der Waals surface area (Å²) in [5, 5.41) is 3.42. The maximum atomic E-state index is 3.42. The fourth-order valence-electron chi connectivity index (χ4n) is 3.20. The Hall–Kier alpha value is -1.02. The third kappa shape index (κ3) is 1.44. The normalized spacial score (nSPS) is 22.5. The maximum absolute atomic E-state index is 3.42. The van der Waals surface area contributed by atoms with Crippen molar-refractivity contribution in [2.24, 2.45) is 5.41 Å². The van der Waals surface area contributed by atoms with Gasteiger partial charge in [-0.25, -0.2) is 0 Å². The van der Waals surface area contributed by atoms with E-state index >= 15 is 0 Å². The lowest BCUT2D eigenvalue weighted by Crippen LogP contribution is -2.54. The molecular formula is C14H20N2. The van der Waals surface area contributed by atoms with Crippen LogP contribution in [0.1, 0.15) is 17.5 Å². The average molecular weight is 216 g/mol. The van der Waals surface area contributed by atoms with E-state index in [2.05, 4.69) is 42.3 Å². The van der Waals surface area contributed by atoms with Gasteiger partial charge in [-0.05, 0) is 31.4 Å². The minimum absolute atomic E-state index is 0.592. The zero-order valence-electron chi connectivity index (χ0n) is 10.2. The highest BCUT2D eigenvalue weighted by Gasteiger charge is 2.43. The molecule has 0 saturated carbocycles. The quantitative estimate of drug-likeness (QED) is 0.773. The SMILES string of the molecule is Cc1cccc(C)c1N1CCC2(CNC2)C1. The molecule has 0 unspecified atom stereocenters. The molecule has 1 aromatic carbocycles. The molecule has 0 radical (unpaired) electrons. The van der Waals surface area contributed by atoms with Crippen LogP contribution in [0.4, 0.5) is 5.69 Å². The molecule has 2 aliphatic heterocycles. The minimum Gasteiger partial charge on any atom is -0.370 e. The number of rotatable bonds is 1. The van der Waals surface area contributed by atoms with E-state index in [1.165, 1.54) is 49.4 Å². The van der Waals surface area contributed by atoms with Gasteiger partial charge >= 0.3 is 0 Å². The van der Waals surface area contributed by atoms with Gasteiger partial charge in [0.05, 0.1) is 0 Å². The van der Waals surface area contributed by atoms with Crippen LogP contribution in [-0.2, 0) is 0 Å². The summed E-state index contributed by atoms with van der Waals surface area (Å²) in [6.45, 7) is 9.36. The zero-order valence-corrected chi connectivity index (χ0v) is 10.2. The lowest BCUT2D eigenvalue weighted by Gasteiger charge is -2.39. The number of anilines is 1. The Balaban J connectivity index is 1.88. The highest BCUT2D eigenvalue weighted by Crippen LogP contribution is 2.38. The molecule has 16 heavy (non-hydrogen) atoms. The van der Waals surface area contributed by atoms with Crippen LogP contribution in [0.3, 0.4) is 0 Å². The van der Waals surface area contributed by atoms with Crippen LogP contribution in [0.2, 0.25) is 0 Å². The van der Waals surface area contributed by atoms with Gasteiger partial charge in [0, 0.05) is 37.3 Å². The molecule has 1 N–H and O–H groups in total. The Labute approximate surface area is 97.6 Å². The lowest BCUT2D eigenvalue weighted by atomic mass is 9.81. The monoisotopic (exact) mass is 216 g/mol. The van der Waals surface area contributed by atoms with Gasteiger partial charge in [0.1, 0.15) is 0 Å². The van der Waals surface area contributed by atoms with Crippen molar-refractivity contribution in [3.63, 3.8) is 0 Å². The Morgan fingerprint density at radius 2 is 1.88 bits per heavy atom. The van der Waals surface area contributed by atoms with Gasteiger partial charge in [-0.3, -0.25) is 0 Å². The van der Waals surface area contributed by atoms with Crippen molar-refractivity contribution >= 4 is 5.69 Å². The summed E-state index contributed by atoms with van der Waals surface area (Å²) < 4.78 is 0. The van der Waals surface area contributed by atoms with Crippen LogP contribution in [0.5, 0.6) is 0 Å². The number of nitrogens with zero attached hydrogens (tertiary/aromatic N) is 1. The van der Waals surface area contributed by atoms with Crippen LogP contribution in [0.15, 0.2) is 18.2 Å². The summed E-state index contributed by atoms with van der Waals surface area (Å²) in [6.07, 6.45) is 1.35. The van der Waals surface area contributed by atoms with E-state index in [1.54, 1.807) is 0 Å². The molecule has 2 heteroatoms. The largest absolute Gasteiger partial charge is 0.370 e. The second-order valence-electron chi connectivity index (χ2n) is 5.52. The number of hydrogen-bond acceptors (Lipinski definition) is 2. The molecule has 0 atom stereocenters. The second kappa shape index (κ2) is 3.49. The minimum atomic E-state index is 0.592. The molecular weight excluding hydrogens is 196 g/mol. The van der Waals surface area contributed by atoms with E-state index in [0.717, 1.165) is 0 Å². The summed E-state index contributed by atoms with van der Waals surface area (Å²) in [6, 6.07) is 6.61. The second-order valence-corrected chi connectivity index (χ2v) is 5.52. The molecule has 2 saturated heterocycles. The average Bonchev–Trinajstić information content (AvgIpc) is 2.62. The molecule has 0 aliphatic carbocycles. The molecule has 3 rings (SSSR count). The smallest absolute Gasteiger partial charge is 0.0425 e. The van der Waals surface area contributed by atoms with Gasteiger partial charge in [0.2, 0.25) is 0 Å². The van der Waals surface area contributed by atoms with Gasteiger partial charge in [0.25, 0.3) is 0 Å². The standard InChI is InChI=1S/C14H20N2/c1-11-4-3-5-12(2)13(11)16-7-6-14(10-16)8-15-9-14/h3-5,15H,6-10H2,1-2H3. The van der Waals surface area contributed by atoms with Crippen LogP contribution >= 0.6 is 0 Å². The Morgan fingerprint density at radius 1 is 1.19 bits per heavy atom. The maximum Gasteiger partial charge on any atom is 0.0425 e. The van der Waals surface area contributed by atoms with Crippen molar-refractivity contribution < 1.29 is 0 Å². The highest BCUT2D eigenvalue weighted by molar-refractivity contribution is 5.59. The summed E-state index contributed by atoms with van der Waals surface area (Å²) >= 11 is 0. The number of para-hydroxylation sites is 1. The Bertz CT molecular complexity index is 387. The number of aryl methyl sites for hydroxylation is 2. The molecule has 1 spiro atoms. The third-order valence-electron chi connectivity index (χ3n) is 4.19. The van der Waals surface area contributed by atoms with Crippen molar-refractivity contribution in [3.8, 4) is 0 Å². The van der Waals surface area contributed by atoms with Crippen molar-refractivity contribution in [2.75, 3.05) is 31.1 Å². The van der Waals surface area contributed by atoms with Crippen molar-refractivity contribution in [3.05, 3.63) is 29.3 Å². The highest BCUT2D eigenvalue weighted by atomic mass is 15.2. The lowest BCUT2D eigenvalue weighted by molar-refractivity contribution is 0.200. The first-order valence-corrected chi connectivity index (χ1v) is 6.22. The van der Waals surface area contributed by atoms with Crippen molar-refractivity contribution in [2.45, 2.75) is 20.3 Å². The van der Waals surface area contributed by atoms with Crippen LogP contribution in [0.25, 0.3) is 0 Å². The van der Waals surface area contributed by atoms with Crippen molar-refractivity contribution in [1.82, 2.24) is 5.32 Å². The Kier molecular flexibility index (Phi) is 2.21. The number of nitrogens with one attached hydrogen (secondary N) is 1. The predicted octanol–water partition coefficient (Wildman–Crippen LogP) is 2.10.